The van der Waals surface area contributed by atoms with E-state index in [2.05, 4.69) is 4.90 Å². The molecule has 5 rings (SSSR count). The third-order valence-electron chi connectivity index (χ3n) is 6.95. The van der Waals surface area contributed by atoms with Crippen LogP contribution in [0.4, 0.5) is 0 Å². The van der Waals surface area contributed by atoms with Crippen LogP contribution < -0.4 is 9.47 Å². The highest BCUT2D eigenvalue weighted by Crippen LogP contribution is 2.42. The predicted octanol–water partition coefficient (Wildman–Crippen LogP) is 4.55. The van der Waals surface area contributed by atoms with Crippen LogP contribution in [0.15, 0.2) is 48.7 Å². The topological polar surface area (TPSA) is 57.2 Å². The third-order valence-corrected chi connectivity index (χ3v) is 7.21. The Morgan fingerprint density at radius 3 is 2.61 bits per heavy atom. The smallest absolute Gasteiger partial charge is 0.173 e. The Morgan fingerprint density at radius 1 is 1.06 bits per heavy atom. The molecule has 2 aliphatic heterocycles. The molecule has 2 aromatic carbocycles. The summed E-state index contributed by atoms with van der Waals surface area (Å²) in [4.78, 5) is 15.6. The minimum Gasteiger partial charge on any atom is -0.496 e. The second kappa shape index (κ2) is 9.37. The van der Waals surface area contributed by atoms with Gasteiger partial charge in [-0.25, -0.2) is 0 Å². The van der Waals surface area contributed by atoms with Gasteiger partial charge in [0.05, 0.1) is 44.8 Å². The van der Waals surface area contributed by atoms with Crippen LogP contribution in [0.2, 0.25) is 5.02 Å². The lowest BCUT2D eigenvalue weighted by Crippen LogP contribution is -2.56. The van der Waals surface area contributed by atoms with E-state index >= 15 is 0 Å². The Morgan fingerprint density at radius 2 is 1.85 bits per heavy atom. The molecule has 1 saturated heterocycles. The lowest BCUT2D eigenvalue weighted by molar-refractivity contribution is -0.171. The minimum absolute atomic E-state index is 0.117. The van der Waals surface area contributed by atoms with Crippen LogP contribution >= 0.6 is 11.6 Å². The van der Waals surface area contributed by atoms with Gasteiger partial charge in [-0.2, -0.15) is 0 Å². The molecule has 2 heterocycles. The number of nitrogens with zero attached hydrogens (tertiary/aromatic N) is 1. The molecule has 174 valence electrons. The molecular formula is C26H28ClNO5. The SMILES string of the molecule is COc1ccc(CN2COC3CCC4C(=O)C(c5ccc(Cl)cc5)=COC4C3C2)cc1OC. The zero-order valence-corrected chi connectivity index (χ0v) is 19.6. The molecule has 0 amide bonds. The largest absolute Gasteiger partial charge is 0.496 e. The molecule has 0 spiro atoms. The summed E-state index contributed by atoms with van der Waals surface area (Å²) in [5.74, 6) is 1.58. The molecule has 4 atom stereocenters. The lowest BCUT2D eigenvalue weighted by atomic mass is 9.71. The number of carbonyl (C=O) groups excluding carboxylic acids is 1. The Hall–Kier alpha value is -2.54. The van der Waals surface area contributed by atoms with Crippen molar-refractivity contribution in [1.29, 1.82) is 0 Å². The van der Waals surface area contributed by atoms with Crippen LogP contribution in [0.25, 0.3) is 5.57 Å². The summed E-state index contributed by atoms with van der Waals surface area (Å²) < 4.78 is 23.2. The number of benzene rings is 2. The van der Waals surface area contributed by atoms with Crippen molar-refractivity contribution in [3.05, 3.63) is 64.9 Å². The monoisotopic (exact) mass is 469 g/mol. The molecule has 2 aromatic rings. The summed E-state index contributed by atoms with van der Waals surface area (Å²) in [6.07, 6.45) is 3.25. The molecule has 3 aliphatic rings. The number of hydrogen-bond donors (Lipinski definition) is 0. The molecule has 0 radical (unpaired) electrons. The van der Waals surface area contributed by atoms with Gasteiger partial charge in [-0.05, 0) is 48.2 Å². The molecule has 2 fully saturated rings. The van der Waals surface area contributed by atoms with Crippen LogP contribution in [-0.4, -0.2) is 50.4 Å². The van der Waals surface area contributed by atoms with Gasteiger partial charge in [0.1, 0.15) is 6.10 Å². The fourth-order valence-electron chi connectivity index (χ4n) is 5.28. The van der Waals surface area contributed by atoms with Gasteiger partial charge in [0.25, 0.3) is 0 Å². The number of allylic oxidation sites excluding steroid dienone is 1. The van der Waals surface area contributed by atoms with Gasteiger partial charge >= 0.3 is 0 Å². The second-order valence-corrected chi connectivity index (χ2v) is 9.32. The van der Waals surface area contributed by atoms with E-state index < -0.39 is 0 Å². The Balaban J connectivity index is 1.31. The minimum atomic E-state index is -0.166. The van der Waals surface area contributed by atoms with Gasteiger partial charge in [-0.3, -0.25) is 9.69 Å². The normalized spacial score (nSPS) is 27.1. The number of methoxy groups -OCH3 is 2. The maximum absolute atomic E-state index is 13.4. The lowest BCUT2D eigenvalue weighted by Gasteiger charge is -2.48. The number of Topliss-reactive ketones (excluding diaryl/α,β-unsaturated/α-hetero) is 1. The van der Waals surface area contributed by atoms with Crippen LogP contribution in [0, 0.1) is 11.8 Å². The first kappa shape index (κ1) is 22.3. The molecule has 1 aliphatic carbocycles. The number of carbonyl (C=O) groups is 1. The highest BCUT2D eigenvalue weighted by molar-refractivity contribution is 6.30. The van der Waals surface area contributed by atoms with E-state index in [-0.39, 0.29) is 29.8 Å². The number of rotatable bonds is 5. The first-order valence-electron chi connectivity index (χ1n) is 11.3. The highest BCUT2D eigenvalue weighted by Gasteiger charge is 2.49. The summed E-state index contributed by atoms with van der Waals surface area (Å²) in [6.45, 7) is 2.10. The average molecular weight is 470 g/mol. The Kier molecular flexibility index (Phi) is 6.32. The number of fused-ring (bicyclic) bond motifs is 3. The first-order valence-corrected chi connectivity index (χ1v) is 11.7. The molecule has 7 heteroatoms. The van der Waals surface area contributed by atoms with E-state index in [0.29, 0.717) is 28.8 Å². The predicted molar refractivity (Wildman–Crippen MR) is 125 cm³/mol. The third kappa shape index (κ3) is 4.35. The van der Waals surface area contributed by atoms with Crippen molar-refractivity contribution in [2.24, 2.45) is 11.8 Å². The molecule has 4 unspecified atom stereocenters. The fourth-order valence-corrected chi connectivity index (χ4v) is 5.41. The summed E-state index contributed by atoms with van der Waals surface area (Å²) in [6, 6.07) is 13.3. The van der Waals surface area contributed by atoms with Crippen LogP contribution in [0.5, 0.6) is 11.5 Å². The Bertz CT molecular complexity index is 1050. The summed E-state index contributed by atoms with van der Waals surface area (Å²) in [7, 11) is 3.27. The average Bonchev–Trinajstić information content (AvgIpc) is 2.84. The van der Waals surface area contributed by atoms with E-state index in [9.17, 15) is 4.79 Å². The molecular weight excluding hydrogens is 442 g/mol. The zero-order chi connectivity index (χ0) is 22.9. The van der Waals surface area contributed by atoms with Crippen LogP contribution in [0.3, 0.4) is 0 Å². The van der Waals surface area contributed by atoms with Crippen molar-refractivity contribution in [3.8, 4) is 11.5 Å². The quantitative estimate of drug-likeness (QED) is 0.640. The van der Waals surface area contributed by atoms with E-state index in [1.807, 2.05) is 30.3 Å². The van der Waals surface area contributed by atoms with E-state index in [0.717, 1.165) is 37.1 Å². The molecule has 1 saturated carbocycles. The van der Waals surface area contributed by atoms with Gasteiger partial charge in [0.15, 0.2) is 17.3 Å². The van der Waals surface area contributed by atoms with Gasteiger partial charge < -0.3 is 18.9 Å². The van der Waals surface area contributed by atoms with Gasteiger partial charge in [0.2, 0.25) is 0 Å². The molecule has 0 aromatic heterocycles. The number of ether oxygens (including phenoxy) is 4. The van der Waals surface area contributed by atoms with Crippen molar-refractivity contribution >= 4 is 23.0 Å². The second-order valence-electron chi connectivity index (χ2n) is 8.89. The molecule has 33 heavy (non-hydrogen) atoms. The van der Waals surface area contributed by atoms with Gasteiger partial charge in [-0.1, -0.05) is 29.8 Å². The van der Waals surface area contributed by atoms with E-state index in [4.69, 9.17) is 30.5 Å². The number of ketones is 1. The summed E-state index contributed by atoms with van der Waals surface area (Å²) >= 11 is 6.01. The molecule has 0 N–H and O–H groups in total. The number of halogens is 1. The summed E-state index contributed by atoms with van der Waals surface area (Å²) in [5.41, 5.74) is 2.60. The standard InChI is InChI=1S/C26H28ClNO5/c1-30-23-9-3-16(11-24(23)31-2)12-28-13-20-22(33-15-28)10-8-19-25(29)21(14-32-26(19)20)17-4-6-18(27)7-5-17/h3-7,9,11,14,19-20,22,26H,8,10,12-13,15H2,1-2H3. The maximum atomic E-state index is 13.4. The Labute approximate surface area is 199 Å². The van der Waals surface area contributed by atoms with Crippen molar-refractivity contribution in [2.75, 3.05) is 27.5 Å². The van der Waals surface area contributed by atoms with E-state index in [1.54, 1.807) is 32.6 Å². The zero-order valence-electron chi connectivity index (χ0n) is 18.8. The van der Waals surface area contributed by atoms with Gasteiger partial charge in [-0.15, -0.1) is 0 Å². The van der Waals surface area contributed by atoms with Crippen molar-refractivity contribution < 1.29 is 23.7 Å². The fraction of sp³-hybridized carbons (Fsp3) is 0.423. The summed E-state index contributed by atoms with van der Waals surface area (Å²) in [5, 5.41) is 0.649. The van der Waals surface area contributed by atoms with Gasteiger partial charge in [0, 0.05) is 24.0 Å². The maximum Gasteiger partial charge on any atom is 0.173 e. The first-order chi connectivity index (χ1) is 16.1. The van der Waals surface area contributed by atoms with E-state index in [1.165, 1.54) is 0 Å². The van der Waals surface area contributed by atoms with Crippen LogP contribution in [0.1, 0.15) is 24.0 Å². The highest BCUT2D eigenvalue weighted by atomic mass is 35.5. The number of hydrogen-bond acceptors (Lipinski definition) is 6. The van der Waals surface area contributed by atoms with Crippen molar-refractivity contribution in [2.45, 2.75) is 31.6 Å². The van der Waals surface area contributed by atoms with Crippen molar-refractivity contribution in [3.63, 3.8) is 0 Å². The van der Waals surface area contributed by atoms with Crippen LogP contribution in [-0.2, 0) is 20.8 Å². The van der Waals surface area contributed by atoms with Crippen molar-refractivity contribution in [1.82, 2.24) is 4.90 Å². The molecule has 0 bridgehead atoms. The molecule has 6 nitrogen and oxygen atoms in total.